The fourth-order valence-electron chi connectivity index (χ4n) is 1.49. The lowest BCUT2D eigenvalue weighted by Gasteiger charge is -2.09. The van der Waals surface area contributed by atoms with Crippen LogP contribution in [-0.4, -0.2) is 4.99 Å². The van der Waals surface area contributed by atoms with Gasteiger partial charge in [-0.25, -0.2) is 0 Å². The van der Waals surface area contributed by atoms with E-state index in [1.807, 2.05) is 36.4 Å². The first kappa shape index (κ1) is 13.3. The van der Waals surface area contributed by atoms with Crippen LogP contribution in [0.4, 0.5) is 11.4 Å². The monoisotopic (exact) mass is 340 g/mol. The molecule has 0 atom stereocenters. The van der Waals surface area contributed by atoms with E-state index in [0.717, 1.165) is 15.8 Å². The standard InChI is InChI=1S/C13H10BrClN2S/c14-8-1-3-9(4-2-8)17-10-5-6-11(13(16)18)12(15)7-10/h1-7,17H,(H2,16,18). The molecule has 0 saturated heterocycles. The lowest BCUT2D eigenvalue weighted by atomic mass is 10.2. The Morgan fingerprint density at radius 3 is 2.28 bits per heavy atom. The molecule has 2 aromatic carbocycles. The minimum absolute atomic E-state index is 0.301. The van der Waals surface area contributed by atoms with Gasteiger partial charge in [-0.1, -0.05) is 39.7 Å². The summed E-state index contributed by atoms with van der Waals surface area (Å²) in [6.07, 6.45) is 0. The summed E-state index contributed by atoms with van der Waals surface area (Å²) in [7, 11) is 0. The third kappa shape index (κ3) is 3.22. The zero-order chi connectivity index (χ0) is 13.1. The molecule has 0 fully saturated rings. The zero-order valence-electron chi connectivity index (χ0n) is 9.28. The molecular formula is C13H10BrClN2S. The molecule has 0 saturated carbocycles. The molecule has 5 heteroatoms. The minimum atomic E-state index is 0.301. The van der Waals surface area contributed by atoms with Crippen LogP contribution in [0.15, 0.2) is 46.9 Å². The van der Waals surface area contributed by atoms with Crippen LogP contribution in [0.5, 0.6) is 0 Å². The Balaban J connectivity index is 2.22. The molecule has 0 unspecified atom stereocenters. The molecule has 0 bridgehead atoms. The van der Waals surface area contributed by atoms with Gasteiger partial charge in [-0.2, -0.15) is 0 Å². The van der Waals surface area contributed by atoms with Crippen LogP contribution >= 0.6 is 39.7 Å². The average Bonchev–Trinajstić information content (AvgIpc) is 2.32. The van der Waals surface area contributed by atoms with E-state index in [2.05, 4.69) is 21.2 Å². The Kier molecular flexibility index (Phi) is 4.22. The van der Waals surface area contributed by atoms with Crippen molar-refractivity contribution in [3.8, 4) is 0 Å². The van der Waals surface area contributed by atoms with Gasteiger partial charge in [0.05, 0.1) is 5.02 Å². The van der Waals surface area contributed by atoms with Crippen LogP contribution in [0.3, 0.4) is 0 Å². The van der Waals surface area contributed by atoms with Crippen molar-refractivity contribution >= 4 is 56.1 Å². The van der Waals surface area contributed by atoms with Gasteiger partial charge in [-0.3, -0.25) is 0 Å². The van der Waals surface area contributed by atoms with Crippen LogP contribution in [0.25, 0.3) is 0 Å². The van der Waals surface area contributed by atoms with Gasteiger partial charge in [-0.05, 0) is 42.5 Å². The molecule has 3 N–H and O–H groups in total. The Hall–Kier alpha value is -1.10. The van der Waals surface area contributed by atoms with E-state index in [9.17, 15) is 0 Å². The molecule has 0 aliphatic heterocycles. The molecule has 0 radical (unpaired) electrons. The summed E-state index contributed by atoms with van der Waals surface area (Å²) in [5.74, 6) is 0. The molecule has 2 rings (SSSR count). The SMILES string of the molecule is NC(=S)c1ccc(Nc2ccc(Br)cc2)cc1Cl. The summed E-state index contributed by atoms with van der Waals surface area (Å²) in [5.41, 5.74) is 8.12. The second-order valence-corrected chi connectivity index (χ2v) is 5.45. The van der Waals surface area contributed by atoms with Gasteiger partial charge in [0.15, 0.2) is 0 Å². The highest BCUT2D eigenvalue weighted by Gasteiger charge is 2.04. The van der Waals surface area contributed by atoms with E-state index in [0.29, 0.717) is 15.6 Å². The van der Waals surface area contributed by atoms with Crippen LogP contribution in [0, 0.1) is 0 Å². The molecule has 2 aromatic rings. The average molecular weight is 342 g/mol. The van der Waals surface area contributed by atoms with E-state index in [1.54, 1.807) is 6.07 Å². The smallest absolute Gasteiger partial charge is 0.105 e. The fraction of sp³-hybridized carbons (Fsp3) is 0. The number of anilines is 2. The molecule has 0 aromatic heterocycles. The summed E-state index contributed by atoms with van der Waals surface area (Å²) >= 11 is 14.4. The number of rotatable bonds is 3. The number of hydrogen-bond acceptors (Lipinski definition) is 2. The summed E-state index contributed by atoms with van der Waals surface area (Å²) in [4.78, 5) is 0.301. The van der Waals surface area contributed by atoms with Crippen molar-refractivity contribution in [2.24, 2.45) is 5.73 Å². The van der Waals surface area contributed by atoms with Crippen LogP contribution < -0.4 is 11.1 Å². The number of halogens is 2. The Bertz CT molecular complexity index is 584. The first-order valence-corrected chi connectivity index (χ1v) is 6.76. The van der Waals surface area contributed by atoms with Gasteiger partial charge < -0.3 is 11.1 Å². The summed E-state index contributed by atoms with van der Waals surface area (Å²) in [6, 6.07) is 13.4. The van der Waals surface area contributed by atoms with Crippen molar-refractivity contribution in [1.29, 1.82) is 0 Å². The topological polar surface area (TPSA) is 38.0 Å². The quantitative estimate of drug-likeness (QED) is 0.808. The first-order chi connectivity index (χ1) is 8.56. The minimum Gasteiger partial charge on any atom is -0.389 e. The van der Waals surface area contributed by atoms with Crippen molar-refractivity contribution in [1.82, 2.24) is 0 Å². The van der Waals surface area contributed by atoms with E-state index in [1.165, 1.54) is 0 Å². The predicted molar refractivity (Wildman–Crippen MR) is 84.8 cm³/mol. The van der Waals surface area contributed by atoms with Crippen molar-refractivity contribution in [2.45, 2.75) is 0 Å². The fourth-order valence-corrected chi connectivity index (χ4v) is 2.27. The molecule has 0 aliphatic rings. The summed E-state index contributed by atoms with van der Waals surface area (Å²) in [6.45, 7) is 0. The predicted octanol–water partition coefficient (Wildman–Crippen LogP) is 4.48. The Labute approximate surface area is 124 Å². The summed E-state index contributed by atoms with van der Waals surface area (Å²) < 4.78 is 1.04. The third-order valence-corrected chi connectivity index (χ3v) is 3.43. The van der Waals surface area contributed by atoms with Crippen LogP contribution in [0.2, 0.25) is 5.02 Å². The third-order valence-electron chi connectivity index (χ3n) is 2.37. The second-order valence-electron chi connectivity index (χ2n) is 3.69. The van der Waals surface area contributed by atoms with Gasteiger partial charge >= 0.3 is 0 Å². The lowest BCUT2D eigenvalue weighted by Crippen LogP contribution is -2.09. The van der Waals surface area contributed by atoms with Crippen molar-refractivity contribution < 1.29 is 0 Å². The highest BCUT2D eigenvalue weighted by molar-refractivity contribution is 9.10. The molecule has 92 valence electrons. The molecular weight excluding hydrogens is 332 g/mol. The van der Waals surface area contributed by atoms with E-state index in [4.69, 9.17) is 29.6 Å². The van der Waals surface area contributed by atoms with Gasteiger partial charge in [0, 0.05) is 21.4 Å². The molecule has 0 aliphatic carbocycles. The normalized spacial score (nSPS) is 10.1. The van der Waals surface area contributed by atoms with Gasteiger partial charge in [0.2, 0.25) is 0 Å². The number of benzene rings is 2. The van der Waals surface area contributed by atoms with Crippen LogP contribution in [0.1, 0.15) is 5.56 Å². The van der Waals surface area contributed by atoms with Gasteiger partial charge in [-0.15, -0.1) is 0 Å². The van der Waals surface area contributed by atoms with Crippen molar-refractivity contribution in [3.63, 3.8) is 0 Å². The number of hydrogen-bond donors (Lipinski definition) is 2. The van der Waals surface area contributed by atoms with Crippen molar-refractivity contribution in [2.75, 3.05) is 5.32 Å². The highest BCUT2D eigenvalue weighted by Crippen LogP contribution is 2.24. The molecule has 0 amide bonds. The molecule has 18 heavy (non-hydrogen) atoms. The summed E-state index contributed by atoms with van der Waals surface area (Å²) in [5, 5.41) is 3.79. The first-order valence-electron chi connectivity index (χ1n) is 5.18. The van der Waals surface area contributed by atoms with Gasteiger partial charge in [0.25, 0.3) is 0 Å². The Morgan fingerprint density at radius 1 is 1.11 bits per heavy atom. The van der Waals surface area contributed by atoms with E-state index >= 15 is 0 Å². The van der Waals surface area contributed by atoms with E-state index < -0.39 is 0 Å². The number of thiocarbonyl (C=S) groups is 1. The lowest BCUT2D eigenvalue weighted by molar-refractivity contribution is 1.52. The molecule has 2 nitrogen and oxygen atoms in total. The van der Waals surface area contributed by atoms with E-state index in [-0.39, 0.29) is 0 Å². The molecule has 0 spiro atoms. The van der Waals surface area contributed by atoms with Gasteiger partial charge in [0.1, 0.15) is 4.99 Å². The Morgan fingerprint density at radius 2 is 1.72 bits per heavy atom. The van der Waals surface area contributed by atoms with Crippen molar-refractivity contribution in [3.05, 3.63) is 57.5 Å². The maximum Gasteiger partial charge on any atom is 0.105 e. The largest absolute Gasteiger partial charge is 0.389 e. The second kappa shape index (κ2) is 5.69. The van der Waals surface area contributed by atoms with Crippen LogP contribution in [-0.2, 0) is 0 Å². The highest BCUT2D eigenvalue weighted by atomic mass is 79.9. The number of nitrogens with one attached hydrogen (secondary N) is 1. The number of nitrogens with two attached hydrogens (primary N) is 1. The maximum atomic E-state index is 6.10. The molecule has 0 heterocycles. The maximum absolute atomic E-state index is 6.10. The zero-order valence-corrected chi connectivity index (χ0v) is 12.4.